The Kier molecular flexibility index (Phi) is 3.03. The Morgan fingerprint density at radius 3 is 2.18 bits per heavy atom. The molecular formula is C8H10BrIS. The highest BCUT2D eigenvalue weighted by Crippen LogP contribution is 2.36. The third-order valence-corrected chi connectivity index (χ3v) is 5.93. The SMILES string of the molecule is CC(C)(C)c1scc(Br)c1I. The van der Waals surface area contributed by atoms with E-state index >= 15 is 0 Å². The van der Waals surface area contributed by atoms with Crippen molar-refractivity contribution in [2.75, 3.05) is 0 Å². The van der Waals surface area contributed by atoms with Gasteiger partial charge in [-0.3, -0.25) is 0 Å². The molecule has 11 heavy (non-hydrogen) atoms. The fourth-order valence-electron chi connectivity index (χ4n) is 0.829. The summed E-state index contributed by atoms with van der Waals surface area (Å²) < 4.78 is 2.59. The van der Waals surface area contributed by atoms with Gasteiger partial charge in [-0.2, -0.15) is 0 Å². The predicted octanol–water partition coefficient (Wildman–Crippen LogP) is 4.41. The molecule has 0 N–H and O–H groups in total. The summed E-state index contributed by atoms with van der Waals surface area (Å²) in [5.41, 5.74) is 0.285. The summed E-state index contributed by atoms with van der Waals surface area (Å²) in [5, 5.41) is 2.16. The monoisotopic (exact) mass is 344 g/mol. The van der Waals surface area contributed by atoms with Crippen molar-refractivity contribution in [3.8, 4) is 0 Å². The fraction of sp³-hybridized carbons (Fsp3) is 0.500. The van der Waals surface area contributed by atoms with Crippen LogP contribution in [0.4, 0.5) is 0 Å². The summed E-state index contributed by atoms with van der Waals surface area (Å²) in [5.74, 6) is 0. The van der Waals surface area contributed by atoms with Crippen LogP contribution in [0.25, 0.3) is 0 Å². The summed E-state index contributed by atoms with van der Waals surface area (Å²) in [7, 11) is 0. The van der Waals surface area contributed by atoms with Gasteiger partial charge in [0.15, 0.2) is 0 Å². The molecule has 1 rings (SSSR count). The smallest absolute Gasteiger partial charge is 0.0419 e. The van der Waals surface area contributed by atoms with Gasteiger partial charge >= 0.3 is 0 Å². The molecule has 0 bridgehead atoms. The van der Waals surface area contributed by atoms with E-state index in [-0.39, 0.29) is 5.41 Å². The Hall–Kier alpha value is 0.910. The molecule has 62 valence electrons. The molecule has 0 amide bonds. The van der Waals surface area contributed by atoms with Crippen LogP contribution in [-0.4, -0.2) is 0 Å². The summed E-state index contributed by atoms with van der Waals surface area (Å²) in [6.07, 6.45) is 0. The molecule has 3 heteroatoms. The summed E-state index contributed by atoms with van der Waals surface area (Å²) in [4.78, 5) is 1.46. The maximum atomic E-state index is 3.51. The van der Waals surface area contributed by atoms with E-state index in [2.05, 4.69) is 64.7 Å². The van der Waals surface area contributed by atoms with E-state index in [1.54, 1.807) is 0 Å². The molecule has 0 fully saturated rings. The number of hydrogen-bond acceptors (Lipinski definition) is 1. The predicted molar refractivity (Wildman–Crippen MR) is 63.4 cm³/mol. The lowest BCUT2D eigenvalue weighted by Crippen LogP contribution is -2.09. The molecule has 0 radical (unpaired) electrons. The van der Waals surface area contributed by atoms with Gasteiger partial charge in [0.1, 0.15) is 0 Å². The maximum Gasteiger partial charge on any atom is 0.0419 e. The minimum atomic E-state index is 0.285. The standard InChI is InChI=1S/C8H10BrIS/c1-8(2,3)7-6(10)5(9)4-11-7/h4H,1-3H3. The van der Waals surface area contributed by atoms with Gasteiger partial charge in [0.2, 0.25) is 0 Å². The van der Waals surface area contributed by atoms with Crippen molar-refractivity contribution in [3.05, 3.63) is 18.3 Å². The van der Waals surface area contributed by atoms with Crippen LogP contribution in [0, 0.1) is 3.57 Å². The average Bonchev–Trinajstić information content (AvgIpc) is 2.11. The molecule has 0 aliphatic heterocycles. The van der Waals surface area contributed by atoms with Crippen molar-refractivity contribution in [1.82, 2.24) is 0 Å². The van der Waals surface area contributed by atoms with E-state index in [1.807, 2.05) is 11.3 Å². The van der Waals surface area contributed by atoms with Crippen LogP contribution in [0.3, 0.4) is 0 Å². The van der Waals surface area contributed by atoms with Crippen LogP contribution in [0.2, 0.25) is 0 Å². The van der Waals surface area contributed by atoms with Crippen LogP contribution in [0.15, 0.2) is 9.85 Å². The maximum absolute atomic E-state index is 3.51. The first-order chi connectivity index (χ1) is 4.93. The van der Waals surface area contributed by atoms with E-state index in [1.165, 1.54) is 12.9 Å². The van der Waals surface area contributed by atoms with E-state index in [0.29, 0.717) is 0 Å². The molecule has 0 unspecified atom stereocenters. The average molecular weight is 345 g/mol. The van der Waals surface area contributed by atoms with Crippen molar-refractivity contribution in [2.24, 2.45) is 0 Å². The van der Waals surface area contributed by atoms with E-state index in [9.17, 15) is 0 Å². The largest absolute Gasteiger partial charge is 0.146 e. The van der Waals surface area contributed by atoms with Crippen molar-refractivity contribution in [2.45, 2.75) is 26.2 Å². The third kappa shape index (κ3) is 2.18. The van der Waals surface area contributed by atoms with Gasteiger partial charge in [-0.1, -0.05) is 20.8 Å². The molecule has 0 atom stereocenters. The lowest BCUT2D eigenvalue weighted by atomic mass is 9.95. The minimum Gasteiger partial charge on any atom is -0.146 e. The first-order valence-electron chi connectivity index (χ1n) is 3.36. The minimum absolute atomic E-state index is 0.285. The Bertz CT molecular complexity index is 260. The first-order valence-corrected chi connectivity index (χ1v) is 6.11. The molecule has 0 spiro atoms. The Morgan fingerprint density at radius 1 is 1.45 bits per heavy atom. The highest BCUT2D eigenvalue weighted by Gasteiger charge is 2.20. The first kappa shape index (κ1) is 9.99. The summed E-state index contributed by atoms with van der Waals surface area (Å²) in [6, 6.07) is 0. The molecule has 1 heterocycles. The van der Waals surface area contributed by atoms with Crippen molar-refractivity contribution in [3.63, 3.8) is 0 Å². The Balaban J connectivity index is 3.15. The second-order valence-corrected chi connectivity index (χ2v) is 6.29. The third-order valence-electron chi connectivity index (χ3n) is 1.37. The van der Waals surface area contributed by atoms with Crippen molar-refractivity contribution < 1.29 is 0 Å². The van der Waals surface area contributed by atoms with Crippen LogP contribution in [0.1, 0.15) is 25.6 Å². The molecule has 0 saturated carbocycles. The van der Waals surface area contributed by atoms with Gasteiger partial charge in [-0.15, -0.1) is 11.3 Å². The van der Waals surface area contributed by atoms with Gasteiger partial charge in [0.05, 0.1) is 0 Å². The van der Waals surface area contributed by atoms with Crippen LogP contribution < -0.4 is 0 Å². The fourth-order valence-corrected chi connectivity index (χ4v) is 3.90. The lowest BCUT2D eigenvalue weighted by Gasteiger charge is -2.16. The van der Waals surface area contributed by atoms with Crippen LogP contribution >= 0.6 is 49.9 Å². The van der Waals surface area contributed by atoms with E-state index < -0.39 is 0 Å². The number of hydrogen-bond donors (Lipinski definition) is 0. The van der Waals surface area contributed by atoms with Gasteiger partial charge < -0.3 is 0 Å². The Labute approximate surface area is 93.7 Å². The quantitative estimate of drug-likeness (QED) is 0.611. The van der Waals surface area contributed by atoms with Gasteiger partial charge in [0.25, 0.3) is 0 Å². The number of rotatable bonds is 0. The summed E-state index contributed by atoms with van der Waals surface area (Å²) in [6.45, 7) is 6.73. The molecular weight excluding hydrogens is 335 g/mol. The zero-order chi connectivity index (χ0) is 8.65. The molecule has 1 aromatic rings. The zero-order valence-corrected chi connectivity index (χ0v) is 11.3. The number of thiophene rings is 1. The molecule has 0 aliphatic rings. The topological polar surface area (TPSA) is 0 Å². The summed E-state index contributed by atoms with van der Waals surface area (Å²) >= 11 is 7.73. The Morgan fingerprint density at radius 2 is 2.00 bits per heavy atom. The molecule has 0 saturated heterocycles. The van der Waals surface area contributed by atoms with Crippen molar-refractivity contribution in [1.29, 1.82) is 0 Å². The second-order valence-electron chi connectivity index (χ2n) is 3.48. The highest BCUT2D eigenvalue weighted by atomic mass is 127. The van der Waals surface area contributed by atoms with Crippen LogP contribution in [0.5, 0.6) is 0 Å². The van der Waals surface area contributed by atoms with Gasteiger partial charge in [0, 0.05) is 18.3 Å². The number of halogens is 2. The van der Waals surface area contributed by atoms with Gasteiger partial charge in [-0.05, 0) is 43.9 Å². The molecule has 0 aliphatic carbocycles. The lowest BCUT2D eigenvalue weighted by molar-refractivity contribution is 0.600. The van der Waals surface area contributed by atoms with E-state index in [0.717, 1.165) is 0 Å². The highest BCUT2D eigenvalue weighted by molar-refractivity contribution is 14.1. The second kappa shape index (κ2) is 3.34. The van der Waals surface area contributed by atoms with Gasteiger partial charge in [-0.25, -0.2) is 0 Å². The molecule has 1 aromatic heterocycles. The normalized spacial score (nSPS) is 12.1. The zero-order valence-electron chi connectivity index (χ0n) is 6.74. The van der Waals surface area contributed by atoms with E-state index in [4.69, 9.17) is 0 Å². The van der Waals surface area contributed by atoms with Crippen molar-refractivity contribution >= 4 is 49.9 Å². The van der Waals surface area contributed by atoms with Crippen LogP contribution in [-0.2, 0) is 5.41 Å². The molecule has 0 nitrogen and oxygen atoms in total. The molecule has 0 aromatic carbocycles.